The Bertz CT molecular complexity index is 486. The van der Waals surface area contributed by atoms with Gasteiger partial charge in [0.15, 0.2) is 11.6 Å². The minimum Gasteiger partial charge on any atom is -0.465 e. The Kier molecular flexibility index (Phi) is 3.21. The van der Waals surface area contributed by atoms with E-state index in [0.717, 1.165) is 13.2 Å². The lowest BCUT2D eigenvalue weighted by Gasteiger charge is -2.17. The lowest BCUT2D eigenvalue weighted by Crippen LogP contribution is -2.26. The molecule has 0 unspecified atom stereocenters. The normalized spacial score (nSPS) is 16.2. The van der Waals surface area contributed by atoms with Gasteiger partial charge in [-0.1, -0.05) is 0 Å². The first-order valence-electron chi connectivity index (χ1n) is 5.48. The number of halogens is 2. The van der Waals surface area contributed by atoms with E-state index in [-0.39, 0.29) is 12.3 Å². The van der Waals surface area contributed by atoms with Crippen molar-refractivity contribution in [3.63, 3.8) is 0 Å². The lowest BCUT2D eigenvalue weighted by atomic mass is 10.1. The summed E-state index contributed by atoms with van der Waals surface area (Å²) in [5.41, 5.74) is -1.07. The summed E-state index contributed by atoms with van der Waals surface area (Å²) >= 11 is 0. The molecule has 4 nitrogen and oxygen atoms in total. The lowest BCUT2D eigenvalue weighted by molar-refractivity contribution is 0.0594. The van der Waals surface area contributed by atoms with Gasteiger partial charge in [0.05, 0.1) is 30.5 Å². The van der Waals surface area contributed by atoms with E-state index >= 15 is 0 Å². The summed E-state index contributed by atoms with van der Waals surface area (Å²) in [6, 6.07) is 2.42. The number of benzene rings is 1. The van der Waals surface area contributed by atoms with Crippen LogP contribution < -0.4 is 5.32 Å². The SMILES string of the molecule is COC(=O)c1ccc(NC2(CO)CC2)c(F)c1F. The van der Waals surface area contributed by atoms with Crippen molar-refractivity contribution in [1.82, 2.24) is 0 Å². The molecule has 0 aliphatic heterocycles. The molecule has 0 atom stereocenters. The van der Waals surface area contributed by atoms with Crippen molar-refractivity contribution < 1.29 is 23.4 Å². The standard InChI is InChI=1S/C12H13F2NO3/c1-18-11(17)7-2-3-8(10(14)9(7)13)15-12(6-16)4-5-12/h2-3,15-16H,4-6H2,1H3. The molecule has 1 aromatic carbocycles. The topological polar surface area (TPSA) is 58.6 Å². The zero-order chi connectivity index (χ0) is 13.3. The number of methoxy groups -OCH3 is 1. The number of aliphatic hydroxyl groups excluding tert-OH is 1. The van der Waals surface area contributed by atoms with Gasteiger partial charge in [0.25, 0.3) is 0 Å². The second kappa shape index (κ2) is 4.53. The third kappa shape index (κ3) is 2.15. The van der Waals surface area contributed by atoms with Crippen LogP contribution in [0.25, 0.3) is 0 Å². The molecule has 1 aliphatic carbocycles. The largest absolute Gasteiger partial charge is 0.465 e. The van der Waals surface area contributed by atoms with Crippen molar-refractivity contribution >= 4 is 11.7 Å². The molecule has 18 heavy (non-hydrogen) atoms. The van der Waals surface area contributed by atoms with Gasteiger partial charge in [-0.05, 0) is 25.0 Å². The van der Waals surface area contributed by atoms with E-state index in [1.807, 2.05) is 0 Å². The highest BCUT2D eigenvalue weighted by Gasteiger charge is 2.42. The molecule has 0 radical (unpaired) electrons. The maximum Gasteiger partial charge on any atom is 0.340 e. The number of rotatable bonds is 4. The third-order valence-corrected chi connectivity index (χ3v) is 3.04. The summed E-state index contributed by atoms with van der Waals surface area (Å²) in [5, 5.41) is 11.9. The Balaban J connectivity index is 2.29. The molecule has 0 amide bonds. The number of ether oxygens (including phenoxy) is 1. The van der Waals surface area contributed by atoms with Gasteiger partial charge in [-0.25, -0.2) is 13.6 Å². The van der Waals surface area contributed by atoms with Crippen LogP contribution in [-0.2, 0) is 4.74 Å². The molecule has 6 heteroatoms. The minimum absolute atomic E-state index is 0.0632. The van der Waals surface area contributed by atoms with E-state index in [2.05, 4.69) is 10.1 Å². The average Bonchev–Trinajstić information content (AvgIpc) is 3.15. The fourth-order valence-corrected chi connectivity index (χ4v) is 1.67. The summed E-state index contributed by atoms with van der Waals surface area (Å²) < 4.78 is 31.7. The van der Waals surface area contributed by atoms with Crippen molar-refractivity contribution in [1.29, 1.82) is 0 Å². The number of hydrogen-bond acceptors (Lipinski definition) is 4. The number of aliphatic hydroxyl groups is 1. The van der Waals surface area contributed by atoms with Crippen LogP contribution in [0.3, 0.4) is 0 Å². The number of anilines is 1. The van der Waals surface area contributed by atoms with Gasteiger partial charge in [0, 0.05) is 0 Å². The molecule has 0 saturated heterocycles. The molecule has 1 fully saturated rings. The summed E-state index contributed by atoms with van der Waals surface area (Å²) in [6.07, 6.45) is 1.40. The van der Waals surface area contributed by atoms with Crippen LogP contribution in [0.1, 0.15) is 23.2 Å². The fraction of sp³-hybridized carbons (Fsp3) is 0.417. The predicted molar refractivity (Wildman–Crippen MR) is 60.4 cm³/mol. The monoisotopic (exact) mass is 257 g/mol. The van der Waals surface area contributed by atoms with E-state index in [0.29, 0.717) is 12.8 Å². The first-order valence-corrected chi connectivity index (χ1v) is 5.48. The maximum atomic E-state index is 13.7. The molecule has 0 aromatic heterocycles. The minimum atomic E-state index is -1.25. The fourth-order valence-electron chi connectivity index (χ4n) is 1.67. The van der Waals surface area contributed by atoms with Gasteiger partial charge in [0.2, 0.25) is 0 Å². The number of carbonyl (C=O) groups excluding carboxylic acids is 1. The predicted octanol–water partition coefficient (Wildman–Crippen LogP) is 1.69. The average molecular weight is 257 g/mol. The molecule has 98 valence electrons. The second-order valence-electron chi connectivity index (χ2n) is 4.34. The first kappa shape index (κ1) is 12.8. The van der Waals surface area contributed by atoms with Crippen LogP contribution in [0.5, 0.6) is 0 Å². The Labute approximate surface area is 103 Å². The van der Waals surface area contributed by atoms with Gasteiger partial charge in [-0.2, -0.15) is 0 Å². The van der Waals surface area contributed by atoms with Crippen molar-refractivity contribution in [3.8, 4) is 0 Å². The molecular weight excluding hydrogens is 244 g/mol. The summed E-state index contributed by atoms with van der Waals surface area (Å²) in [6.45, 7) is -0.146. The van der Waals surface area contributed by atoms with E-state index < -0.39 is 28.7 Å². The number of esters is 1. The molecule has 0 spiro atoms. The van der Waals surface area contributed by atoms with Crippen molar-refractivity contribution in [3.05, 3.63) is 29.3 Å². The van der Waals surface area contributed by atoms with Gasteiger partial charge in [0.1, 0.15) is 0 Å². The number of nitrogens with one attached hydrogen (secondary N) is 1. The van der Waals surface area contributed by atoms with Crippen LogP contribution in [-0.4, -0.2) is 30.3 Å². The van der Waals surface area contributed by atoms with E-state index in [1.54, 1.807) is 0 Å². The molecule has 0 heterocycles. The van der Waals surface area contributed by atoms with Gasteiger partial charge >= 0.3 is 5.97 Å². The highest BCUT2D eigenvalue weighted by molar-refractivity contribution is 5.90. The maximum absolute atomic E-state index is 13.7. The van der Waals surface area contributed by atoms with E-state index in [1.165, 1.54) is 6.07 Å². The summed E-state index contributed by atoms with van der Waals surface area (Å²) in [4.78, 5) is 11.2. The van der Waals surface area contributed by atoms with Crippen molar-refractivity contribution in [2.24, 2.45) is 0 Å². The smallest absolute Gasteiger partial charge is 0.340 e. The van der Waals surface area contributed by atoms with Crippen LogP contribution in [0.2, 0.25) is 0 Å². The van der Waals surface area contributed by atoms with Crippen LogP contribution in [0.4, 0.5) is 14.5 Å². The van der Waals surface area contributed by atoms with Crippen LogP contribution in [0, 0.1) is 11.6 Å². The number of carbonyl (C=O) groups is 1. The van der Waals surface area contributed by atoms with Crippen LogP contribution in [0.15, 0.2) is 12.1 Å². The van der Waals surface area contributed by atoms with Gasteiger partial charge in [-0.15, -0.1) is 0 Å². The van der Waals surface area contributed by atoms with Gasteiger partial charge < -0.3 is 15.2 Å². The highest BCUT2D eigenvalue weighted by Crippen LogP contribution is 2.39. The Morgan fingerprint density at radius 2 is 2.11 bits per heavy atom. The van der Waals surface area contributed by atoms with Crippen molar-refractivity contribution in [2.75, 3.05) is 19.0 Å². The van der Waals surface area contributed by atoms with Crippen LogP contribution >= 0.6 is 0 Å². The molecule has 1 saturated carbocycles. The third-order valence-electron chi connectivity index (χ3n) is 3.04. The zero-order valence-electron chi connectivity index (χ0n) is 9.80. The molecule has 0 bridgehead atoms. The zero-order valence-corrected chi connectivity index (χ0v) is 9.80. The van der Waals surface area contributed by atoms with E-state index in [9.17, 15) is 13.6 Å². The molecular formula is C12H13F2NO3. The summed E-state index contributed by atoms with van der Waals surface area (Å²) in [7, 11) is 1.09. The van der Waals surface area contributed by atoms with E-state index in [4.69, 9.17) is 5.11 Å². The molecule has 2 N–H and O–H groups in total. The Morgan fingerprint density at radius 1 is 1.44 bits per heavy atom. The molecule has 2 rings (SSSR count). The molecule has 1 aromatic rings. The van der Waals surface area contributed by atoms with Crippen molar-refractivity contribution in [2.45, 2.75) is 18.4 Å². The van der Waals surface area contributed by atoms with Gasteiger partial charge in [-0.3, -0.25) is 0 Å². The summed E-state index contributed by atoms with van der Waals surface area (Å²) in [5.74, 6) is -3.32. The second-order valence-corrected chi connectivity index (χ2v) is 4.34. The molecule has 1 aliphatic rings. The first-order chi connectivity index (χ1) is 8.53. The number of hydrogen-bond donors (Lipinski definition) is 2. The Morgan fingerprint density at radius 3 is 2.61 bits per heavy atom. The quantitative estimate of drug-likeness (QED) is 0.806. The Hall–Kier alpha value is -1.69. The highest BCUT2D eigenvalue weighted by atomic mass is 19.2.